The van der Waals surface area contributed by atoms with Crippen molar-refractivity contribution in [1.29, 1.82) is 0 Å². The van der Waals surface area contributed by atoms with Crippen LogP contribution in [0.1, 0.15) is 19.4 Å². The molecule has 0 atom stereocenters. The van der Waals surface area contributed by atoms with E-state index < -0.39 is 0 Å². The first-order chi connectivity index (χ1) is 10.4. The summed E-state index contributed by atoms with van der Waals surface area (Å²) in [5.74, 6) is -0.0903. The second-order valence-corrected chi connectivity index (χ2v) is 5.32. The molecule has 0 radical (unpaired) electrons. The average molecular weight is 304 g/mol. The molecule has 0 amide bonds. The van der Waals surface area contributed by atoms with E-state index in [-0.39, 0.29) is 34.9 Å². The van der Waals surface area contributed by atoms with E-state index in [0.717, 1.165) is 5.56 Å². The zero-order valence-corrected chi connectivity index (χ0v) is 13.4. The third-order valence-electron chi connectivity index (χ3n) is 3.46. The second kappa shape index (κ2) is 6.13. The summed E-state index contributed by atoms with van der Waals surface area (Å²) < 4.78 is 16.1. The van der Waals surface area contributed by atoms with Crippen LogP contribution < -0.4 is 14.2 Å². The zero-order chi connectivity index (χ0) is 16.4. The van der Waals surface area contributed by atoms with E-state index in [1.54, 1.807) is 19.9 Å². The number of rotatable bonds is 4. The van der Waals surface area contributed by atoms with Gasteiger partial charge in [0.15, 0.2) is 11.5 Å². The zero-order valence-electron chi connectivity index (χ0n) is 13.4. The van der Waals surface area contributed by atoms with E-state index in [1.165, 1.54) is 14.2 Å². The molecule has 22 heavy (non-hydrogen) atoms. The van der Waals surface area contributed by atoms with Gasteiger partial charge in [0, 0.05) is 10.8 Å². The van der Waals surface area contributed by atoms with Gasteiger partial charge in [0.25, 0.3) is 0 Å². The number of methoxy groups -OCH3 is 2. The first-order valence-electron chi connectivity index (χ1n) is 7.00. The van der Waals surface area contributed by atoms with Gasteiger partial charge in [-0.15, -0.1) is 0 Å². The predicted molar refractivity (Wildman–Crippen MR) is 83.9 cm³/mol. The van der Waals surface area contributed by atoms with Crippen molar-refractivity contribution >= 4 is 16.7 Å². The molecule has 5 heteroatoms. The van der Waals surface area contributed by atoms with Gasteiger partial charge in [-0.05, 0) is 12.5 Å². The highest BCUT2D eigenvalue weighted by molar-refractivity contribution is 6.01. The number of carbonyl (C=O) groups is 1. The molecule has 5 nitrogen and oxygen atoms in total. The maximum Gasteiger partial charge on any atom is 0.313 e. The van der Waals surface area contributed by atoms with Crippen LogP contribution in [0.4, 0.5) is 0 Å². The molecular formula is C17H20O5. The molecule has 0 spiro atoms. The second-order valence-electron chi connectivity index (χ2n) is 5.32. The van der Waals surface area contributed by atoms with Gasteiger partial charge in [0.05, 0.1) is 20.1 Å². The first-order valence-corrected chi connectivity index (χ1v) is 7.00. The van der Waals surface area contributed by atoms with Gasteiger partial charge in [0.2, 0.25) is 11.5 Å². The Labute approximate surface area is 129 Å². The van der Waals surface area contributed by atoms with Crippen LogP contribution in [0.25, 0.3) is 10.8 Å². The molecule has 0 saturated heterocycles. The molecule has 0 aliphatic rings. The molecule has 0 saturated carbocycles. The van der Waals surface area contributed by atoms with Crippen LogP contribution in [0.15, 0.2) is 18.2 Å². The molecule has 0 bridgehead atoms. The highest BCUT2D eigenvalue weighted by Gasteiger charge is 2.25. The number of benzene rings is 2. The van der Waals surface area contributed by atoms with Crippen molar-refractivity contribution in [3.8, 4) is 23.0 Å². The summed E-state index contributed by atoms with van der Waals surface area (Å²) in [4.78, 5) is 12.0. The van der Waals surface area contributed by atoms with E-state index in [0.29, 0.717) is 10.8 Å². The van der Waals surface area contributed by atoms with Crippen LogP contribution in [0.5, 0.6) is 23.0 Å². The van der Waals surface area contributed by atoms with Crippen LogP contribution in [0, 0.1) is 12.8 Å². The minimum atomic E-state index is -0.381. The standard InChI is InChI=1S/C17H20O5/c1-9(2)17(19)22-14-11-8-6-7-10(3)12(11)13(18)15(20-4)16(14)21-5/h6-9,18H,1-5H3. The molecule has 0 heterocycles. The number of fused-ring (bicyclic) bond motifs is 1. The van der Waals surface area contributed by atoms with Gasteiger partial charge in [-0.25, -0.2) is 0 Å². The van der Waals surface area contributed by atoms with Crippen molar-refractivity contribution in [1.82, 2.24) is 0 Å². The minimum Gasteiger partial charge on any atom is -0.504 e. The molecule has 118 valence electrons. The van der Waals surface area contributed by atoms with Gasteiger partial charge < -0.3 is 19.3 Å². The van der Waals surface area contributed by atoms with Crippen molar-refractivity contribution in [2.24, 2.45) is 5.92 Å². The highest BCUT2D eigenvalue weighted by atomic mass is 16.6. The van der Waals surface area contributed by atoms with Crippen LogP contribution >= 0.6 is 0 Å². The van der Waals surface area contributed by atoms with Gasteiger partial charge in [-0.2, -0.15) is 0 Å². The Kier molecular flexibility index (Phi) is 4.45. The molecule has 0 aliphatic carbocycles. The third kappa shape index (κ3) is 2.54. The van der Waals surface area contributed by atoms with E-state index in [4.69, 9.17) is 14.2 Å². The predicted octanol–water partition coefficient (Wildman–Crippen LogP) is 3.43. The normalized spacial score (nSPS) is 10.8. The molecule has 0 aromatic heterocycles. The summed E-state index contributed by atoms with van der Waals surface area (Å²) in [5.41, 5.74) is 0.845. The Balaban J connectivity index is 2.84. The van der Waals surface area contributed by atoms with Crippen LogP contribution in [-0.4, -0.2) is 25.3 Å². The smallest absolute Gasteiger partial charge is 0.313 e. The topological polar surface area (TPSA) is 65.0 Å². The minimum absolute atomic E-state index is 0.0307. The van der Waals surface area contributed by atoms with Gasteiger partial charge in [-0.1, -0.05) is 32.0 Å². The van der Waals surface area contributed by atoms with Crippen molar-refractivity contribution in [2.75, 3.05) is 14.2 Å². The highest BCUT2D eigenvalue weighted by Crippen LogP contribution is 2.51. The number of esters is 1. The number of aromatic hydroxyl groups is 1. The summed E-state index contributed by atoms with van der Waals surface area (Å²) >= 11 is 0. The number of phenols is 1. The van der Waals surface area contributed by atoms with E-state index in [9.17, 15) is 9.90 Å². The molecule has 0 unspecified atom stereocenters. The Hall–Kier alpha value is -2.43. The lowest BCUT2D eigenvalue weighted by atomic mass is 10.0. The Morgan fingerprint density at radius 3 is 2.27 bits per heavy atom. The summed E-state index contributed by atoms with van der Waals surface area (Å²) in [7, 11) is 2.86. The maximum absolute atomic E-state index is 12.0. The summed E-state index contributed by atoms with van der Waals surface area (Å²) in [6.45, 7) is 5.36. The van der Waals surface area contributed by atoms with Crippen LogP contribution in [0.2, 0.25) is 0 Å². The number of aryl methyl sites for hydroxylation is 1. The van der Waals surface area contributed by atoms with Crippen LogP contribution in [0.3, 0.4) is 0 Å². The molecule has 2 rings (SSSR count). The SMILES string of the molecule is COc1c(OC)c(O)c2c(C)cccc2c1OC(=O)C(C)C. The molecule has 0 fully saturated rings. The lowest BCUT2D eigenvalue weighted by molar-refractivity contribution is -0.137. The average Bonchev–Trinajstić information content (AvgIpc) is 2.49. The lowest BCUT2D eigenvalue weighted by Gasteiger charge is -2.18. The van der Waals surface area contributed by atoms with Gasteiger partial charge in [0.1, 0.15) is 0 Å². The fraction of sp³-hybridized carbons (Fsp3) is 0.353. The Bertz CT molecular complexity index is 719. The monoisotopic (exact) mass is 304 g/mol. The summed E-state index contributed by atoms with van der Waals surface area (Å²) in [5, 5.41) is 11.6. The molecule has 2 aromatic carbocycles. The van der Waals surface area contributed by atoms with E-state index in [1.807, 2.05) is 19.1 Å². The fourth-order valence-corrected chi connectivity index (χ4v) is 2.31. The van der Waals surface area contributed by atoms with Gasteiger partial charge >= 0.3 is 5.97 Å². The summed E-state index contributed by atoms with van der Waals surface area (Å²) in [6, 6.07) is 5.46. The van der Waals surface area contributed by atoms with Crippen LogP contribution in [-0.2, 0) is 4.79 Å². The Morgan fingerprint density at radius 1 is 1.09 bits per heavy atom. The van der Waals surface area contributed by atoms with Crippen molar-refractivity contribution in [3.05, 3.63) is 23.8 Å². The van der Waals surface area contributed by atoms with Crippen molar-refractivity contribution in [2.45, 2.75) is 20.8 Å². The number of hydrogen-bond acceptors (Lipinski definition) is 5. The lowest BCUT2D eigenvalue weighted by Crippen LogP contribution is -2.15. The summed E-state index contributed by atoms with van der Waals surface area (Å²) in [6.07, 6.45) is 0. The Morgan fingerprint density at radius 2 is 1.73 bits per heavy atom. The molecule has 0 aliphatic heterocycles. The largest absolute Gasteiger partial charge is 0.504 e. The van der Waals surface area contributed by atoms with Crippen molar-refractivity contribution < 1.29 is 24.1 Å². The van der Waals surface area contributed by atoms with Crippen molar-refractivity contribution in [3.63, 3.8) is 0 Å². The molecule has 2 aromatic rings. The third-order valence-corrected chi connectivity index (χ3v) is 3.46. The first kappa shape index (κ1) is 15.9. The number of ether oxygens (including phenoxy) is 3. The molecule has 1 N–H and O–H groups in total. The van der Waals surface area contributed by atoms with E-state index >= 15 is 0 Å². The number of hydrogen-bond donors (Lipinski definition) is 1. The fourth-order valence-electron chi connectivity index (χ4n) is 2.31. The van der Waals surface area contributed by atoms with E-state index in [2.05, 4.69) is 0 Å². The number of carbonyl (C=O) groups excluding carboxylic acids is 1. The quantitative estimate of drug-likeness (QED) is 0.692. The van der Waals surface area contributed by atoms with Gasteiger partial charge in [-0.3, -0.25) is 4.79 Å². The maximum atomic E-state index is 12.0. The molecular weight excluding hydrogens is 284 g/mol. The number of phenolic OH excluding ortho intramolecular Hbond substituents is 1.